The van der Waals surface area contributed by atoms with Crippen molar-refractivity contribution in [1.82, 2.24) is 5.32 Å². The SMILES string of the molecule is CCOc1ccc(C(C)NC(=O)c2ccc(NS(=O)(=O)c3ccccc3)c(C)c2)cc1. The minimum Gasteiger partial charge on any atom is -0.494 e. The van der Waals surface area contributed by atoms with Gasteiger partial charge in [0, 0.05) is 5.56 Å². The van der Waals surface area contributed by atoms with Crippen LogP contribution in [0.25, 0.3) is 0 Å². The van der Waals surface area contributed by atoms with Crippen LogP contribution in [0.1, 0.15) is 41.4 Å². The third kappa shape index (κ3) is 5.64. The fourth-order valence-electron chi connectivity index (χ4n) is 3.11. The molecule has 0 aliphatic heterocycles. The molecule has 1 unspecified atom stereocenters. The van der Waals surface area contributed by atoms with Gasteiger partial charge in [-0.05, 0) is 74.4 Å². The maximum atomic E-state index is 12.7. The molecular formula is C24H26N2O4S. The Kier molecular flexibility index (Phi) is 6.97. The number of hydrogen-bond acceptors (Lipinski definition) is 4. The first kappa shape index (κ1) is 22.4. The van der Waals surface area contributed by atoms with Crippen molar-refractivity contribution in [3.63, 3.8) is 0 Å². The number of nitrogens with one attached hydrogen (secondary N) is 2. The van der Waals surface area contributed by atoms with E-state index in [1.165, 1.54) is 12.1 Å². The Balaban J connectivity index is 1.69. The van der Waals surface area contributed by atoms with Crippen LogP contribution in [0.15, 0.2) is 77.7 Å². The second-order valence-corrected chi connectivity index (χ2v) is 8.83. The van der Waals surface area contributed by atoms with Crippen LogP contribution in [0.2, 0.25) is 0 Å². The van der Waals surface area contributed by atoms with Crippen molar-refractivity contribution in [2.75, 3.05) is 11.3 Å². The van der Waals surface area contributed by atoms with E-state index in [-0.39, 0.29) is 16.8 Å². The first-order valence-electron chi connectivity index (χ1n) is 10.0. The zero-order valence-electron chi connectivity index (χ0n) is 17.8. The van der Waals surface area contributed by atoms with Crippen molar-refractivity contribution in [2.45, 2.75) is 31.7 Å². The maximum Gasteiger partial charge on any atom is 0.261 e. The monoisotopic (exact) mass is 438 g/mol. The van der Waals surface area contributed by atoms with Gasteiger partial charge in [0.15, 0.2) is 0 Å². The molecule has 0 spiro atoms. The molecule has 3 rings (SSSR count). The van der Waals surface area contributed by atoms with Gasteiger partial charge in [-0.3, -0.25) is 9.52 Å². The highest BCUT2D eigenvalue weighted by Crippen LogP contribution is 2.22. The van der Waals surface area contributed by atoms with Gasteiger partial charge in [-0.25, -0.2) is 8.42 Å². The molecule has 7 heteroatoms. The van der Waals surface area contributed by atoms with E-state index < -0.39 is 10.0 Å². The first-order chi connectivity index (χ1) is 14.8. The van der Waals surface area contributed by atoms with Crippen LogP contribution in [0.5, 0.6) is 5.75 Å². The number of hydrogen-bond donors (Lipinski definition) is 2. The van der Waals surface area contributed by atoms with Gasteiger partial charge in [-0.1, -0.05) is 30.3 Å². The van der Waals surface area contributed by atoms with E-state index >= 15 is 0 Å². The summed E-state index contributed by atoms with van der Waals surface area (Å²) in [6, 6.07) is 20.4. The molecule has 3 aromatic carbocycles. The van der Waals surface area contributed by atoms with E-state index in [9.17, 15) is 13.2 Å². The van der Waals surface area contributed by atoms with Crippen LogP contribution in [0, 0.1) is 6.92 Å². The number of carbonyl (C=O) groups excluding carboxylic acids is 1. The molecular weight excluding hydrogens is 412 g/mol. The van der Waals surface area contributed by atoms with Crippen molar-refractivity contribution < 1.29 is 17.9 Å². The number of benzene rings is 3. The molecule has 162 valence electrons. The van der Waals surface area contributed by atoms with Crippen molar-refractivity contribution in [1.29, 1.82) is 0 Å². The number of rotatable bonds is 8. The van der Waals surface area contributed by atoms with Crippen molar-refractivity contribution in [2.24, 2.45) is 0 Å². The smallest absolute Gasteiger partial charge is 0.261 e. The van der Waals surface area contributed by atoms with Gasteiger partial charge in [0.25, 0.3) is 15.9 Å². The van der Waals surface area contributed by atoms with Crippen molar-refractivity contribution in [3.8, 4) is 5.75 Å². The number of anilines is 1. The van der Waals surface area contributed by atoms with Gasteiger partial charge in [0.1, 0.15) is 5.75 Å². The number of sulfonamides is 1. The average molecular weight is 439 g/mol. The van der Waals surface area contributed by atoms with Gasteiger partial charge in [0.05, 0.1) is 23.2 Å². The van der Waals surface area contributed by atoms with E-state index in [0.29, 0.717) is 23.4 Å². The topological polar surface area (TPSA) is 84.5 Å². The summed E-state index contributed by atoms with van der Waals surface area (Å²) in [6.07, 6.45) is 0. The molecule has 1 amide bonds. The van der Waals surface area contributed by atoms with Crippen LogP contribution in [-0.2, 0) is 10.0 Å². The molecule has 6 nitrogen and oxygen atoms in total. The van der Waals surface area contributed by atoms with Crippen LogP contribution in [-0.4, -0.2) is 20.9 Å². The lowest BCUT2D eigenvalue weighted by molar-refractivity contribution is 0.0940. The molecule has 0 saturated heterocycles. The Hall–Kier alpha value is -3.32. The van der Waals surface area contributed by atoms with Gasteiger partial charge >= 0.3 is 0 Å². The minimum atomic E-state index is -3.69. The molecule has 0 aliphatic rings. The summed E-state index contributed by atoms with van der Waals surface area (Å²) in [5, 5.41) is 2.97. The summed E-state index contributed by atoms with van der Waals surface area (Å²) in [4.78, 5) is 12.9. The zero-order valence-corrected chi connectivity index (χ0v) is 18.6. The van der Waals surface area contributed by atoms with Gasteiger partial charge in [-0.2, -0.15) is 0 Å². The molecule has 3 aromatic rings. The molecule has 31 heavy (non-hydrogen) atoms. The summed E-state index contributed by atoms with van der Waals surface area (Å²) in [5.41, 5.74) is 2.50. The second-order valence-electron chi connectivity index (χ2n) is 7.15. The lowest BCUT2D eigenvalue weighted by atomic mass is 10.1. The minimum absolute atomic E-state index is 0.181. The van der Waals surface area contributed by atoms with Gasteiger partial charge in [0.2, 0.25) is 0 Å². The van der Waals surface area contributed by atoms with Gasteiger partial charge < -0.3 is 10.1 Å². The Bertz CT molecular complexity index is 1140. The van der Waals surface area contributed by atoms with E-state index in [0.717, 1.165) is 11.3 Å². The summed E-state index contributed by atoms with van der Waals surface area (Å²) >= 11 is 0. The van der Waals surface area contributed by atoms with Crippen molar-refractivity contribution in [3.05, 3.63) is 89.5 Å². The fourth-order valence-corrected chi connectivity index (χ4v) is 4.26. The van der Waals surface area contributed by atoms with E-state index in [1.54, 1.807) is 43.3 Å². The highest BCUT2D eigenvalue weighted by molar-refractivity contribution is 7.92. The zero-order chi connectivity index (χ0) is 22.4. The number of amides is 1. The van der Waals surface area contributed by atoms with E-state index in [4.69, 9.17) is 4.74 Å². The largest absolute Gasteiger partial charge is 0.494 e. The Labute approximate surface area is 183 Å². The molecule has 0 aromatic heterocycles. The van der Waals surface area contributed by atoms with Gasteiger partial charge in [-0.15, -0.1) is 0 Å². The molecule has 2 N–H and O–H groups in total. The van der Waals surface area contributed by atoms with Crippen LogP contribution < -0.4 is 14.8 Å². The normalized spacial score (nSPS) is 12.1. The molecule has 0 saturated carbocycles. The lowest BCUT2D eigenvalue weighted by Gasteiger charge is -2.16. The summed E-state index contributed by atoms with van der Waals surface area (Å²) in [6.45, 7) is 6.19. The first-order valence-corrected chi connectivity index (χ1v) is 11.5. The fraction of sp³-hybridized carbons (Fsp3) is 0.208. The molecule has 1 atom stereocenters. The van der Waals surface area contributed by atoms with Crippen LogP contribution in [0.4, 0.5) is 5.69 Å². The highest BCUT2D eigenvalue weighted by Gasteiger charge is 2.17. The molecule has 0 fully saturated rings. The summed E-state index contributed by atoms with van der Waals surface area (Å²) in [5.74, 6) is 0.552. The lowest BCUT2D eigenvalue weighted by Crippen LogP contribution is -2.26. The average Bonchev–Trinajstić information content (AvgIpc) is 2.76. The predicted octanol–water partition coefficient (Wildman–Crippen LogP) is 4.69. The summed E-state index contributed by atoms with van der Waals surface area (Å²) < 4.78 is 33.1. The molecule has 0 heterocycles. The van der Waals surface area contributed by atoms with Crippen LogP contribution in [0.3, 0.4) is 0 Å². The third-order valence-electron chi connectivity index (χ3n) is 4.83. The Morgan fingerprint density at radius 3 is 2.29 bits per heavy atom. The highest BCUT2D eigenvalue weighted by atomic mass is 32.2. The van der Waals surface area contributed by atoms with E-state index in [2.05, 4.69) is 10.0 Å². The molecule has 0 aliphatic carbocycles. The number of aryl methyl sites for hydroxylation is 1. The predicted molar refractivity (Wildman–Crippen MR) is 122 cm³/mol. The molecule has 0 bridgehead atoms. The second kappa shape index (κ2) is 9.66. The Morgan fingerprint density at radius 1 is 1.00 bits per heavy atom. The number of carbonyl (C=O) groups is 1. The van der Waals surface area contributed by atoms with Crippen molar-refractivity contribution >= 4 is 21.6 Å². The van der Waals surface area contributed by atoms with Crippen LogP contribution >= 0.6 is 0 Å². The summed E-state index contributed by atoms with van der Waals surface area (Å²) in [7, 11) is -3.69. The Morgan fingerprint density at radius 2 is 1.68 bits per heavy atom. The quantitative estimate of drug-likeness (QED) is 0.535. The third-order valence-corrected chi connectivity index (χ3v) is 6.21. The van der Waals surface area contributed by atoms with E-state index in [1.807, 2.05) is 38.1 Å². The standard InChI is InChI=1S/C24H26N2O4S/c1-4-30-21-13-10-19(11-14-21)18(3)25-24(27)20-12-15-23(17(2)16-20)26-31(28,29)22-8-6-5-7-9-22/h5-16,18,26H,4H2,1-3H3,(H,25,27). The maximum absolute atomic E-state index is 12.7. The number of ether oxygens (including phenoxy) is 1. The molecule has 0 radical (unpaired) electrons.